The van der Waals surface area contributed by atoms with Crippen LogP contribution in [0, 0.1) is 0 Å². The van der Waals surface area contributed by atoms with Crippen molar-refractivity contribution in [3.05, 3.63) is 51.2 Å². The van der Waals surface area contributed by atoms with Gasteiger partial charge in [-0.05, 0) is 36.6 Å². The van der Waals surface area contributed by atoms with Gasteiger partial charge in [-0.25, -0.2) is 0 Å². The standard InChI is InChI=1S/C13H12ClNOS/c1-9(13-3-2-6-17-13)15-8-10-7-11(14)4-5-12(10)16/h2-9,16H,1H3/t9-/m1/s1. The Balaban J connectivity index is 2.17. The third-order valence-electron chi connectivity index (χ3n) is 2.38. The summed E-state index contributed by atoms with van der Waals surface area (Å²) in [7, 11) is 0. The summed E-state index contributed by atoms with van der Waals surface area (Å²) < 4.78 is 0. The average molecular weight is 266 g/mol. The molecule has 0 fully saturated rings. The first-order valence-electron chi connectivity index (χ1n) is 5.22. The van der Waals surface area contributed by atoms with Crippen LogP contribution in [0.4, 0.5) is 0 Å². The molecule has 0 aliphatic rings. The summed E-state index contributed by atoms with van der Waals surface area (Å²) in [5.41, 5.74) is 0.640. The fourth-order valence-corrected chi connectivity index (χ4v) is 2.33. The molecule has 1 aromatic carbocycles. The number of halogens is 1. The van der Waals surface area contributed by atoms with Gasteiger partial charge in [-0.2, -0.15) is 0 Å². The summed E-state index contributed by atoms with van der Waals surface area (Å²) in [6.07, 6.45) is 1.66. The maximum atomic E-state index is 9.63. The van der Waals surface area contributed by atoms with Crippen LogP contribution in [0.3, 0.4) is 0 Å². The van der Waals surface area contributed by atoms with Crippen LogP contribution in [0.15, 0.2) is 40.7 Å². The van der Waals surface area contributed by atoms with Gasteiger partial charge in [-0.3, -0.25) is 4.99 Å². The van der Waals surface area contributed by atoms with Crippen molar-refractivity contribution in [1.82, 2.24) is 0 Å². The Bertz CT molecular complexity index is 522. The minimum Gasteiger partial charge on any atom is -0.507 e. The molecule has 0 aliphatic carbocycles. The first kappa shape index (κ1) is 12.1. The summed E-state index contributed by atoms with van der Waals surface area (Å²) in [5.74, 6) is 0.191. The summed E-state index contributed by atoms with van der Waals surface area (Å²) in [6.45, 7) is 2.02. The predicted molar refractivity (Wildman–Crippen MR) is 73.4 cm³/mol. The Labute approximate surface area is 109 Å². The molecule has 0 spiro atoms. The van der Waals surface area contributed by atoms with Gasteiger partial charge in [0.2, 0.25) is 0 Å². The molecule has 17 heavy (non-hydrogen) atoms. The van der Waals surface area contributed by atoms with Crippen LogP contribution in [0.2, 0.25) is 5.02 Å². The Morgan fingerprint density at radius 1 is 1.41 bits per heavy atom. The maximum Gasteiger partial charge on any atom is 0.124 e. The molecule has 0 bridgehead atoms. The molecule has 0 saturated heterocycles. The van der Waals surface area contributed by atoms with E-state index in [1.54, 1.807) is 35.8 Å². The van der Waals surface area contributed by atoms with Gasteiger partial charge >= 0.3 is 0 Å². The van der Waals surface area contributed by atoms with Crippen LogP contribution in [-0.2, 0) is 0 Å². The molecule has 0 amide bonds. The van der Waals surface area contributed by atoms with Crippen molar-refractivity contribution in [1.29, 1.82) is 0 Å². The molecular weight excluding hydrogens is 254 g/mol. The quantitative estimate of drug-likeness (QED) is 0.825. The van der Waals surface area contributed by atoms with Crippen LogP contribution in [0.25, 0.3) is 0 Å². The topological polar surface area (TPSA) is 32.6 Å². The van der Waals surface area contributed by atoms with E-state index in [9.17, 15) is 5.11 Å². The number of aromatic hydroxyl groups is 1. The zero-order chi connectivity index (χ0) is 12.3. The van der Waals surface area contributed by atoms with Crippen molar-refractivity contribution >= 4 is 29.2 Å². The first-order valence-corrected chi connectivity index (χ1v) is 6.47. The lowest BCUT2D eigenvalue weighted by molar-refractivity contribution is 0.474. The van der Waals surface area contributed by atoms with E-state index in [2.05, 4.69) is 4.99 Å². The molecule has 2 rings (SSSR count). The number of phenols is 1. The highest BCUT2D eigenvalue weighted by Crippen LogP contribution is 2.23. The summed E-state index contributed by atoms with van der Waals surface area (Å²) in [4.78, 5) is 5.60. The Kier molecular flexibility index (Phi) is 3.82. The van der Waals surface area contributed by atoms with Gasteiger partial charge in [0.1, 0.15) is 5.75 Å². The number of hydrogen-bond acceptors (Lipinski definition) is 3. The lowest BCUT2D eigenvalue weighted by Crippen LogP contribution is -1.88. The fourth-order valence-electron chi connectivity index (χ4n) is 1.42. The van der Waals surface area contributed by atoms with Gasteiger partial charge in [-0.1, -0.05) is 17.7 Å². The Morgan fingerprint density at radius 2 is 2.24 bits per heavy atom. The second kappa shape index (κ2) is 5.34. The molecule has 1 atom stereocenters. The van der Waals surface area contributed by atoms with E-state index in [1.807, 2.05) is 24.4 Å². The molecule has 88 valence electrons. The predicted octanol–water partition coefficient (Wildman–Crippen LogP) is 4.29. The lowest BCUT2D eigenvalue weighted by Gasteiger charge is -2.03. The van der Waals surface area contributed by atoms with E-state index >= 15 is 0 Å². The second-order valence-electron chi connectivity index (χ2n) is 3.67. The minimum atomic E-state index is 0.0911. The van der Waals surface area contributed by atoms with E-state index in [4.69, 9.17) is 11.6 Å². The molecule has 0 saturated carbocycles. The number of benzene rings is 1. The van der Waals surface area contributed by atoms with Gasteiger partial charge in [0.05, 0.1) is 6.04 Å². The number of phenolic OH excluding ortho intramolecular Hbond substituents is 1. The van der Waals surface area contributed by atoms with Crippen LogP contribution in [-0.4, -0.2) is 11.3 Å². The van der Waals surface area contributed by atoms with Crippen LogP contribution >= 0.6 is 22.9 Å². The third-order valence-corrected chi connectivity index (χ3v) is 3.66. The fraction of sp³-hybridized carbons (Fsp3) is 0.154. The molecule has 1 N–H and O–H groups in total. The molecule has 2 aromatic rings. The number of rotatable bonds is 3. The highest BCUT2D eigenvalue weighted by molar-refractivity contribution is 7.10. The van der Waals surface area contributed by atoms with Crippen LogP contribution in [0.5, 0.6) is 5.75 Å². The normalized spacial score (nSPS) is 13.1. The van der Waals surface area contributed by atoms with Crippen molar-refractivity contribution in [2.75, 3.05) is 0 Å². The number of hydrogen-bond donors (Lipinski definition) is 1. The molecular formula is C13H12ClNOS. The average Bonchev–Trinajstić information content (AvgIpc) is 2.83. The first-order chi connectivity index (χ1) is 8.16. The van der Waals surface area contributed by atoms with E-state index in [0.29, 0.717) is 10.6 Å². The van der Waals surface area contributed by atoms with Gasteiger partial charge in [0, 0.05) is 21.7 Å². The second-order valence-corrected chi connectivity index (χ2v) is 5.09. The molecule has 2 nitrogen and oxygen atoms in total. The van der Waals surface area contributed by atoms with Crippen molar-refractivity contribution in [2.45, 2.75) is 13.0 Å². The number of nitrogens with zero attached hydrogens (tertiary/aromatic N) is 1. The molecule has 0 radical (unpaired) electrons. The van der Waals surface area contributed by atoms with E-state index in [-0.39, 0.29) is 11.8 Å². The van der Waals surface area contributed by atoms with Crippen molar-refractivity contribution < 1.29 is 5.11 Å². The SMILES string of the molecule is C[C@@H](N=Cc1cc(Cl)ccc1O)c1cccs1. The molecule has 1 heterocycles. The Morgan fingerprint density at radius 3 is 2.94 bits per heavy atom. The number of aliphatic imine (C=N–C) groups is 1. The van der Waals surface area contributed by atoms with E-state index in [1.165, 1.54) is 4.88 Å². The van der Waals surface area contributed by atoms with Crippen molar-refractivity contribution in [2.24, 2.45) is 4.99 Å². The van der Waals surface area contributed by atoms with E-state index in [0.717, 1.165) is 0 Å². The van der Waals surface area contributed by atoms with Gasteiger partial charge in [0.15, 0.2) is 0 Å². The zero-order valence-electron chi connectivity index (χ0n) is 9.30. The number of thiophene rings is 1. The van der Waals surface area contributed by atoms with Crippen molar-refractivity contribution in [3.63, 3.8) is 0 Å². The summed E-state index contributed by atoms with van der Waals surface area (Å²) >= 11 is 7.53. The monoisotopic (exact) mass is 265 g/mol. The largest absolute Gasteiger partial charge is 0.507 e. The maximum absolute atomic E-state index is 9.63. The van der Waals surface area contributed by atoms with Crippen molar-refractivity contribution in [3.8, 4) is 5.75 Å². The van der Waals surface area contributed by atoms with E-state index < -0.39 is 0 Å². The highest BCUT2D eigenvalue weighted by atomic mass is 35.5. The molecule has 1 aromatic heterocycles. The lowest BCUT2D eigenvalue weighted by atomic mass is 10.2. The molecule has 0 aliphatic heterocycles. The smallest absolute Gasteiger partial charge is 0.124 e. The van der Waals surface area contributed by atoms with Crippen LogP contribution < -0.4 is 0 Å². The minimum absolute atomic E-state index is 0.0911. The summed E-state index contributed by atoms with van der Waals surface area (Å²) in [6, 6.07) is 9.05. The van der Waals surface area contributed by atoms with Gasteiger partial charge in [-0.15, -0.1) is 11.3 Å². The third kappa shape index (κ3) is 3.08. The zero-order valence-corrected chi connectivity index (χ0v) is 10.9. The highest BCUT2D eigenvalue weighted by Gasteiger charge is 2.04. The molecule has 0 unspecified atom stereocenters. The molecule has 4 heteroatoms. The van der Waals surface area contributed by atoms with Crippen LogP contribution in [0.1, 0.15) is 23.4 Å². The Hall–Kier alpha value is -1.32. The van der Waals surface area contributed by atoms with Gasteiger partial charge < -0.3 is 5.11 Å². The van der Waals surface area contributed by atoms with Gasteiger partial charge in [0.25, 0.3) is 0 Å². The summed E-state index contributed by atoms with van der Waals surface area (Å²) in [5, 5.41) is 12.2.